The standard InChI is InChI=1S/C19H32N6O/c1-4-9-21-19(23-15-18(26)24(2)3)22-14-16-7-12-25(13-8-16)17-5-10-20-11-6-17/h5-6,10-11,16H,4,7-9,12-15H2,1-3H3,(H2,21,22,23). The Hall–Kier alpha value is -2.31. The summed E-state index contributed by atoms with van der Waals surface area (Å²) in [5, 5.41) is 6.70. The molecule has 7 nitrogen and oxygen atoms in total. The van der Waals surface area contributed by atoms with E-state index in [1.807, 2.05) is 12.4 Å². The Morgan fingerprint density at radius 1 is 1.27 bits per heavy atom. The number of guanidine groups is 1. The Kier molecular flexibility index (Phi) is 8.18. The van der Waals surface area contributed by atoms with Crippen molar-refractivity contribution < 1.29 is 4.79 Å². The number of hydrogen-bond donors (Lipinski definition) is 2. The summed E-state index contributed by atoms with van der Waals surface area (Å²) in [7, 11) is 3.50. The van der Waals surface area contributed by atoms with Crippen LogP contribution in [0.5, 0.6) is 0 Å². The molecule has 0 unspecified atom stereocenters. The van der Waals surface area contributed by atoms with Crippen LogP contribution in [-0.2, 0) is 4.79 Å². The van der Waals surface area contributed by atoms with Gasteiger partial charge in [-0.1, -0.05) is 6.92 Å². The minimum Gasteiger partial charge on any atom is -0.371 e. The number of likely N-dealkylation sites (N-methyl/N-ethyl adjacent to an activating group) is 1. The van der Waals surface area contributed by atoms with Crippen molar-refractivity contribution in [3.63, 3.8) is 0 Å². The number of carbonyl (C=O) groups is 1. The quantitative estimate of drug-likeness (QED) is 0.567. The van der Waals surface area contributed by atoms with E-state index < -0.39 is 0 Å². The third-order valence-electron chi connectivity index (χ3n) is 4.61. The molecule has 1 amide bonds. The van der Waals surface area contributed by atoms with Crippen LogP contribution in [0.25, 0.3) is 0 Å². The summed E-state index contributed by atoms with van der Waals surface area (Å²) in [5.41, 5.74) is 1.25. The van der Waals surface area contributed by atoms with Gasteiger partial charge in [-0.05, 0) is 37.3 Å². The average molecular weight is 361 g/mol. The number of hydrogen-bond acceptors (Lipinski definition) is 4. The van der Waals surface area contributed by atoms with Gasteiger partial charge in [0.25, 0.3) is 0 Å². The number of piperidine rings is 1. The molecule has 0 radical (unpaired) electrons. The highest BCUT2D eigenvalue weighted by Crippen LogP contribution is 2.22. The first kappa shape index (κ1) is 20.0. The molecule has 0 bridgehead atoms. The zero-order valence-corrected chi connectivity index (χ0v) is 16.2. The van der Waals surface area contributed by atoms with Gasteiger partial charge in [-0.25, -0.2) is 4.99 Å². The molecule has 1 fully saturated rings. The van der Waals surface area contributed by atoms with Crippen molar-refractivity contribution in [1.82, 2.24) is 20.5 Å². The molecule has 144 valence electrons. The fourth-order valence-corrected chi connectivity index (χ4v) is 2.90. The molecule has 1 aliphatic heterocycles. The van der Waals surface area contributed by atoms with Gasteiger partial charge < -0.3 is 20.4 Å². The summed E-state index contributed by atoms with van der Waals surface area (Å²) < 4.78 is 0. The highest BCUT2D eigenvalue weighted by atomic mass is 16.2. The number of aromatic nitrogens is 1. The zero-order chi connectivity index (χ0) is 18.8. The summed E-state index contributed by atoms with van der Waals surface area (Å²) in [4.78, 5) is 24.2. The van der Waals surface area contributed by atoms with Crippen molar-refractivity contribution >= 4 is 17.6 Å². The van der Waals surface area contributed by atoms with Crippen LogP contribution < -0.4 is 15.5 Å². The van der Waals surface area contributed by atoms with E-state index in [4.69, 9.17) is 0 Å². The lowest BCUT2D eigenvalue weighted by Gasteiger charge is -2.33. The van der Waals surface area contributed by atoms with Crippen LogP contribution in [0.4, 0.5) is 5.69 Å². The predicted octanol–water partition coefficient (Wildman–Crippen LogP) is 1.33. The lowest BCUT2D eigenvalue weighted by Crippen LogP contribution is -2.43. The van der Waals surface area contributed by atoms with E-state index in [1.165, 1.54) is 5.69 Å². The first-order valence-corrected chi connectivity index (χ1v) is 9.47. The molecule has 2 N–H and O–H groups in total. The maximum absolute atomic E-state index is 11.8. The van der Waals surface area contributed by atoms with Crippen molar-refractivity contribution in [2.24, 2.45) is 10.9 Å². The van der Waals surface area contributed by atoms with Crippen LogP contribution in [0.15, 0.2) is 29.5 Å². The molecule has 0 aromatic carbocycles. The number of anilines is 1. The molecule has 1 aromatic heterocycles. The van der Waals surface area contributed by atoms with Crippen molar-refractivity contribution in [3.8, 4) is 0 Å². The van der Waals surface area contributed by atoms with E-state index >= 15 is 0 Å². The number of nitrogens with zero attached hydrogens (tertiary/aromatic N) is 4. The topological polar surface area (TPSA) is 72.9 Å². The smallest absolute Gasteiger partial charge is 0.243 e. The summed E-state index contributed by atoms with van der Waals surface area (Å²) in [6, 6.07) is 4.14. The number of nitrogens with one attached hydrogen (secondary N) is 2. The third kappa shape index (κ3) is 6.54. The maximum atomic E-state index is 11.8. The van der Waals surface area contributed by atoms with Crippen LogP contribution in [0.3, 0.4) is 0 Å². The predicted molar refractivity (Wildman–Crippen MR) is 106 cm³/mol. The van der Waals surface area contributed by atoms with Crippen LogP contribution >= 0.6 is 0 Å². The first-order chi connectivity index (χ1) is 12.6. The molecule has 7 heteroatoms. The lowest BCUT2D eigenvalue weighted by atomic mass is 9.96. The molecule has 2 rings (SSSR count). The molecule has 1 aromatic rings. The Bertz CT molecular complexity index is 567. The Balaban J connectivity index is 1.79. The van der Waals surface area contributed by atoms with E-state index in [-0.39, 0.29) is 12.5 Å². The average Bonchev–Trinajstić information content (AvgIpc) is 2.68. The van der Waals surface area contributed by atoms with Gasteiger partial charge >= 0.3 is 0 Å². The maximum Gasteiger partial charge on any atom is 0.243 e. The van der Waals surface area contributed by atoms with Gasteiger partial charge in [-0.2, -0.15) is 0 Å². The van der Waals surface area contributed by atoms with Crippen LogP contribution in [0.2, 0.25) is 0 Å². The monoisotopic (exact) mass is 360 g/mol. The van der Waals surface area contributed by atoms with Gasteiger partial charge in [0, 0.05) is 58.4 Å². The van der Waals surface area contributed by atoms with Crippen LogP contribution in [0, 0.1) is 5.92 Å². The summed E-state index contributed by atoms with van der Waals surface area (Å²) in [6.45, 7) is 6.14. The third-order valence-corrected chi connectivity index (χ3v) is 4.61. The second-order valence-corrected chi connectivity index (χ2v) is 6.90. The normalized spacial score (nSPS) is 15.7. The highest BCUT2D eigenvalue weighted by molar-refractivity contribution is 5.84. The molecular formula is C19H32N6O. The molecule has 0 saturated carbocycles. The Morgan fingerprint density at radius 3 is 2.58 bits per heavy atom. The number of rotatable bonds is 7. The van der Waals surface area contributed by atoms with Gasteiger partial charge in [-0.15, -0.1) is 0 Å². The zero-order valence-electron chi connectivity index (χ0n) is 16.2. The van der Waals surface area contributed by atoms with Gasteiger partial charge in [0.2, 0.25) is 5.91 Å². The van der Waals surface area contributed by atoms with Crippen molar-refractivity contribution in [1.29, 1.82) is 0 Å². The number of carbonyl (C=O) groups excluding carboxylic acids is 1. The summed E-state index contributed by atoms with van der Waals surface area (Å²) in [5.74, 6) is 1.36. The molecule has 2 heterocycles. The van der Waals surface area contributed by atoms with Crippen molar-refractivity contribution in [2.45, 2.75) is 26.2 Å². The molecule has 1 aliphatic rings. The first-order valence-electron chi connectivity index (χ1n) is 9.47. The van der Waals surface area contributed by atoms with E-state index in [1.54, 1.807) is 19.0 Å². The number of aliphatic imine (C=N–C) groups is 1. The second-order valence-electron chi connectivity index (χ2n) is 6.90. The van der Waals surface area contributed by atoms with E-state index in [2.05, 4.69) is 44.6 Å². The SMILES string of the molecule is CCCNC(=NCC(=O)N(C)C)NCC1CCN(c2ccncc2)CC1. The molecule has 0 spiro atoms. The van der Waals surface area contributed by atoms with E-state index in [9.17, 15) is 4.79 Å². The summed E-state index contributed by atoms with van der Waals surface area (Å²) in [6.07, 6.45) is 7.01. The molecule has 26 heavy (non-hydrogen) atoms. The molecular weight excluding hydrogens is 328 g/mol. The lowest BCUT2D eigenvalue weighted by molar-refractivity contribution is -0.127. The van der Waals surface area contributed by atoms with Crippen molar-refractivity contribution in [2.75, 3.05) is 51.7 Å². The highest BCUT2D eigenvalue weighted by Gasteiger charge is 2.19. The van der Waals surface area contributed by atoms with Gasteiger partial charge in [0.1, 0.15) is 6.54 Å². The minimum atomic E-state index is 0.00765. The van der Waals surface area contributed by atoms with Gasteiger partial charge in [-0.3, -0.25) is 9.78 Å². The van der Waals surface area contributed by atoms with E-state index in [0.29, 0.717) is 5.92 Å². The van der Waals surface area contributed by atoms with Crippen LogP contribution in [-0.4, -0.2) is 68.6 Å². The van der Waals surface area contributed by atoms with E-state index in [0.717, 1.165) is 51.4 Å². The fourth-order valence-electron chi connectivity index (χ4n) is 2.90. The number of pyridine rings is 1. The molecule has 0 atom stereocenters. The molecule has 0 aliphatic carbocycles. The fraction of sp³-hybridized carbons (Fsp3) is 0.632. The number of amides is 1. The minimum absolute atomic E-state index is 0.00765. The second kappa shape index (κ2) is 10.6. The van der Waals surface area contributed by atoms with Crippen LogP contribution in [0.1, 0.15) is 26.2 Å². The Labute approximate surface area is 156 Å². The Morgan fingerprint density at radius 2 is 1.96 bits per heavy atom. The largest absolute Gasteiger partial charge is 0.371 e. The van der Waals surface area contributed by atoms with Gasteiger partial charge in [0.15, 0.2) is 5.96 Å². The van der Waals surface area contributed by atoms with Crippen molar-refractivity contribution in [3.05, 3.63) is 24.5 Å². The molecule has 1 saturated heterocycles. The summed E-state index contributed by atoms with van der Waals surface area (Å²) >= 11 is 0. The van der Waals surface area contributed by atoms with Gasteiger partial charge in [0.05, 0.1) is 0 Å².